The van der Waals surface area contributed by atoms with Crippen LogP contribution >= 0.6 is 0 Å². The number of benzene rings is 2. The number of nitrogens with zero attached hydrogens (tertiary/aromatic N) is 3. The first kappa shape index (κ1) is 27.7. The van der Waals surface area contributed by atoms with Crippen molar-refractivity contribution >= 4 is 21.4 Å². The van der Waals surface area contributed by atoms with Crippen LogP contribution in [-0.2, 0) is 21.1 Å². The maximum atomic E-state index is 11.7. The van der Waals surface area contributed by atoms with E-state index in [9.17, 15) is 13.2 Å². The maximum absolute atomic E-state index is 11.7. The van der Waals surface area contributed by atoms with Gasteiger partial charge in [0.15, 0.2) is 9.84 Å². The molecule has 2 aromatic carbocycles. The topological polar surface area (TPSA) is 115 Å². The summed E-state index contributed by atoms with van der Waals surface area (Å²) in [5, 5.41) is 6.82. The molecule has 1 aliphatic rings. The molecule has 0 unspecified atom stereocenters. The van der Waals surface area contributed by atoms with Gasteiger partial charge >= 0.3 is 0 Å². The van der Waals surface area contributed by atoms with Crippen molar-refractivity contribution in [1.82, 2.24) is 15.1 Å². The molecule has 1 fully saturated rings. The highest BCUT2D eigenvalue weighted by atomic mass is 32.2. The number of nitrogens with one attached hydrogen (secondary N) is 1. The Labute approximate surface area is 218 Å². The average Bonchev–Trinajstić information content (AvgIpc) is 3.45. The first-order valence-corrected chi connectivity index (χ1v) is 13.5. The number of aromatic nitrogens is 3. The lowest BCUT2D eigenvalue weighted by atomic mass is 10.1. The van der Waals surface area contributed by atoms with E-state index in [0.29, 0.717) is 17.1 Å². The van der Waals surface area contributed by atoms with Gasteiger partial charge in [-0.1, -0.05) is 56.8 Å². The van der Waals surface area contributed by atoms with Gasteiger partial charge in [0.1, 0.15) is 5.69 Å². The number of sulfone groups is 1. The van der Waals surface area contributed by atoms with Crippen molar-refractivity contribution < 1.29 is 17.7 Å². The number of hydrogen-bond acceptors (Lipinski definition) is 7. The lowest BCUT2D eigenvalue weighted by Crippen LogP contribution is -2.21. The fourth-order valence-corrected chi connectivity index (χ4v) is 3.99. The van der Waals surface area contributed by atoms with Crippen LogP contribution in [-0.4, -0.2) is 35.7 Å². The maximum Gasteiger partial charge on any atom is 0.276 e. The SMILES string of the molecule is C.CCc1ccc(NC(=O)C2(C)CC2)cc1.CS(=O)(=O)c1cccc(-c2noc(-c3ccccn3)n2)c1. The largest absolute Gasteiger partial charge is 0.332 e. The molecule has 4 aromatic rings. The molecule has 1 aliphatic carbocycles. The molecule has 8 nitrogen and oxygen atoms in total. The average molecular weight is 521 g/mol. The third-order valence-electron chi connectivity index (χ3n) is 6.00. The summed E-state index contributed by atoms with van der Waals surface area (Å²) in [5.41, 5.74) is 3.25. The Hall–Kier alpha value is -3.85. The Balaban J connectivity index is 0.000000211. The van der Waals surface area contributed by atoms with Crippen LogP contribution in [0.5, 0.6) is 0 Å². The van der Waals surface area contributed by atoms with Crippen LogP contribution in [0.2, 0.25) is 0 Å². The molecule has 1 N–H and O–H groups in total. The van der Waals surface area contributed by atoms with Crippen LogP contribution in [0.3, 0.4) is 0 Å². The Morgan fingerprint density at radius 1 is 1.05 bits per heavy atom. The Kier molecular flexibility index (Phi) is 8.60. The molecule has 1 amide bonds. The summed E-state index contributed by atoms with van der Waals surface area (Å²) in [6, 6.07) is 19.8. The van der Waals surface area contributed by atoms with E-state index < -0.39 is 9.84 Å². The van der Waals surface area contributed by atoms with Gasteiger partial charge in [0.05, 0.1) is 4.90 Å². The molecular formula is C28H32N4O4S. The number of aryl methyl sites for hydroxylation is 1. The molecular weight excluding hydrogens is 488 g/mol. The van der Waals surface area contributed by atoms with E-state index in [4.69, 9.17) is 4.52 Å². The van der Waals surface area contributed by atoms with Crippen LogP contribution in [0.4, 0.5) is 5.69 Å². The predicted octanol–water partition coefficient (Wildman–Crippen LogP) is 5.83. The highest BCUT2D eigenvalue weighted by Gasteiger charge is 2.44. The van der Waals surface area contributed by atoms with Gasteiger partial charge in [-0.2, -0.15) is 4.98 Å². The molecule has 1 saturated carbocycles. The summed E-state index contributed by atoms with van der Waals surface area (Å²) in [6.07, 6.45) is 5.86. The van der Waals surface area contributed by atoms with Crippen LogP contribution < -0.4 is 5.32 Å². The van der Waals surface area contributed by atoms with Crippen LogP contribution in [0, 0.1) is 5.41 Å². The molecule has 0 spiro atoms. The summed E-state index contributed by atoms with van der Waals surface area (Å²) >= 11 is 0. The third kappa shape index (κ3) is 7.10. The van der Waals surface area contributed by atoms with E-state index in [2.05, 4.69) is 39.5 Å². The van der Waals surface area contributed by atoms with Crippen molar-refractivity contribution in [3.8, 4) is 23.0 Å². The van der Waals surface area contributed by atoms with Crippen LogP contribution in [0.15, 0.2) is 82.3 Å². The standard InChI is InChI=1S/C14H11N3O3S.C13H17NO.CH4/c1-21(18,19)11-6-4-5-10(9-11)13-16-14(20-17-13)12-7-2-3-8-15-12;1-3-10-4-6-11(7-5-10)14-12(15)13(2)8-9-13;/h2-9H,1H3;4-7H,3,8-9H2,1-2H3,(H,14,15);1H4. The quantitative estimate of drug-likeness (QED) is 0.340. The van der Waals surface area contributed by atoms with Crippen molar-refractivity contribution in [3.05, 3.63) is 78.5 Å². The van der Waals surface area contributed by atoms with Gasteiger partial charge in [0, 0.05) is 29.1 Å². The van der Waals surface area contributed by atoms with E-state index in [0.717, 1.165) is 31.2 Å². The van der Waals surface area contributed by atoms with Crippen LogP contribution in [0.1, 0.15) is 39.7 Å². The number of carbonyl (C=O) groups excluding carboxylic acids is 1. The molecule has 0 saturated heterocycles. The monoisotopic (exact) mass is 520 g/mol. The van der Waals surface area contributed by atoms with E-state index in [1.165, 1.54) is 17.7 Å². The van der Waals surface area contributed by atoms with Gasteiger partial charge in [-0.25, -0.2) is 8.42 Å². The van der Waals surface area contributed by atoms with Gasteiger partial charge < -0.3 is 9.84 Å². The normalized spacial score (nSPS) is 13.5. The zero-order valence-electron chi connectivity index (χ0n) is 20.4. The second-order valence-corrected chi connectivity index (χ2v) is 11.0. The lowest BCUT2D eigenvalue weighted by Gasteiger charge is -2.10. The van der Waals surface area contributed by atoms with Gasteiger partial charge in [-0.05, 0) is 61.2 Å². The van der Waals surface area contributed by atoms with Crippen molar-refractivity contribution in [3.63, 3.8) is 0 Å². The summed E-state index contributed by atoms with van der Waals surface area (Å²) in [5.74, 6) is 0.767. The summed E-state index contributed by atoms with van der Waals surface area (Å²) < 4.78 is 28.3. The number of rotatable bonds is 6. The highest BCUT2D eigenvalue weighted by molar-refractivity contribution is 7.90. The van der Waals surface area contributed by atoms with E-state index in [1.807, 2.05) is 25.1 Å². The summed E-state index contributed by atoms with van der Waals surface area (Å²) in [7, 11) is -3.28. The van der Waals surface area contributed by atoms with Crippen molar-refractivity contribution in [2.24, 2.45) is 5.41 Å². The molecule has 194 valence electrons. The van der Waals surface area contributed by atoms with Gasteiger partial charge in [-0.15, -0.1) is 0 Å². The first-order valence-electron chi connectivity index (χ1n) is 11.6. The molecule has 37 heavy (non-hydrogen) atoms. The lowest BCUT2D eigenvalue weighted by molar-refractivity contribution is -0.120. The molecule has 0 bridgehead atoms. The molecule has 5 rings (SSSR count). The van der Waals surface area contributed by atoms with E-state index >= 15 is 0 Å². The zero-order chi connectivity index (χ0) is 25.8. The minimum absolute atomic E-state index is 0. The molecule has 0 radical (unpaired) electrons. The fraction of sp³-hybridized carbons (Fsp3) is 0.286. The van der Waals surface area contributed by atoms with E-state index in [1.54, 1.807) is 30.5 Å². The smallest absolute Gasteiger partial charge is 0.276 e. The highest BCUT2D eigenvalue weighted by Crippen LogP contribution is 2.45. The van der Waals surface area contributed by atoms with Crippen LogP contribution in [0.25, 0.3) is 23.0 Å². The zero-order valence-corrected chi connectivity index (χ0v) is 21.2. The number of amides is 1. The van der Waals surface area contributed by atoms with Gasteiger partial charge in [0.25, 0.3) is 5.89 Å². The second kappa shape index (κ2) is 11.5. The summed E-state index contributed by atoms with van der Waals surface area (Å²) in [6.45, 7) is 4.14. The predicted molar refractivity (Wildman–Crippen MR) is 145 cm³/mol. The van der Waals surface area contributed by atoms with E-state index in [-0.39, 0.29) is 29.5 Å². The minimum atomic E-state index is -3.28. The Bertz CT molecular complexity index is 1450. The van der Waals surface area contributed by atoms with Crippen molar-refractivity contribution in [2.75, 3.05) is 11.6 Å². The van der Waals surface area contributed by atoms with Gasteiger partial charge in [-0.3, -0.25) is 9.78 Å². The van der Waals surface area contributed by atoms with Crippen molar-refractivity contribution in [1.29, 1.82) is 0 Å². The van der Waals surface area contributed by atoms with Crippen molar-refractivity contribution in [2.45, 2.75) is 45.4 Å². The second-order valence-electron chi connectivity index (χ2n) is 9.00. The Morgan fingerprint density at radius 3 is 2.38 bits per heavy atom. The molecule has 9 heteroatoms. The summed E-state index contributed by atoms with van der Waals surface area (Å²) in [4.78, 5) is 20.3. The third-order valence-corrected chi connectivity index (χ3v) is 7.11. The molecule has 0 atom stereocenters. The molecule has 2 aromatic heterocycles. The number of carbonyl (C=O) groups is 1. The number of anilines is 1. The number of pyridine rings is 1. The molecule has 2 heterocycles. The first-order chi connectivity index (χ1) is 17.2. The molecule has 0 aliphatic heterocycles. The fourth-order valence-electron chi connectivity index (χ4n) is 3.32. The Morgan fingerprint density at radius 2 is 1.78 bits per heavy atom. The number of hydrogen-bond donors (Lipinski definition) is 1. The van der Waals surface area contributed by atoms with Gasteiger partial charge in [0.2, 0.25) is 11.7 Å². The minimum Gasteiger partial charge on any atom is -0.332 e.